The second kappa shape index (κ2) is 9.11. The normalized spacial score (nSPS) is 23.8. The first-order chi connectivity index (χ1) is 14.3. The maximum atomic E-state index is 12.7. The predicted molar refractivity (Wildman–Crippen MR) is 109 cm³/mol. The quantitative estimate of drug-likeness (QED) is 0.318. The van der Waals surface area contributed by atoms with Crippen molar-refractivity contribution in [2.24, 2.45) is 5.92 Å². The number of amides is 2. The number of benzene rings is 1. The van der Waals surface area contributed by atoms with Crippen LogP contribution in [0.3, 0.4) is 0 Å². The lowest BCUT2D eigenvalue weighted by Gasteiger charge is -2.25. The molecular weight excluding hydrogens is 390 g/mol. The van der Waals surface area contributed by atoms with E-state index in [4.69, 9.17) is 4.74 Å². The monoisotopic (exact) mass is 419 g/mol. The molecule has 0 aromatic heterocycles. The summed E-state index contributed by atoms with van der Waals surface area (Å²) in [6.07, 6.45) is 0.827. The Kier molecular flexibility index (Phi) is 6.74. The van der Waals surface area contributed by atoms with Gasteiger partial charge in [-0.1, -0.05) is 32.0 Å². The lowest BCUT2D eigenvalue weighted by atomic mass is 9.92. The second-order valence-corrected chi connectivity index (χ2v) is 8.30. The van der Waals surface area contributed by atoms with Crippen molar-refractivity contribution in [1.82, 2.24) is 10.6 Å². The number of fused-ring (bicyclic) bond motifs is 1. The topological polar surface area (TPSA) is 140 Å². The fourth-order valence-electron chi connectivity index (χ4n) is 3.61. The Labute approximate surface area is 175 Å². The van der Waals surface area contributed by atoms with E-state index >= 15 is 0 Å². The van der Waals surface area contributed by atoms with Crippen molar-refractivity contribution in [3.05, 3.63) is 29.8 Å². The summed E-state index contributed by atoms with van der Waals surface area (Å²) in [4.78, 5) is 38.1. The highest BCUT2D eigenvalue weighted by Crippen LogP contribution is 2.30. The summed E-state index contributed by atoms with van der Waals surface area (Å²) in [5, 5.41) is 27.4. The summed E-state index contributed by atoms with van der Waals surface area (Å²) in [5.41, 5.74) is 0.609. The molecule has 1 saturated heterocycles. The Hall–Kier alpha value is -2.49. The predicted octanol–water partition coefficient (Wildman–Crippen LogP) is -0.638. The lowest BCUT2D eigenvalue weighted by Crippen LogP contribution is -2.57. The molecule has 2 amide bonds. The highest BCUT2D eigenvalue weighted by atomic mass is 16.6. The fraction of sp³-hybridized carbons (Fsp3) is 0.571. The molecule has 1 aromatic rings. The van der Waals surface area contributed by atoms with Gasteiger partial charge in [0.25, 0.3) is 0 Å². The van der Waals surface area contributed by atoms with E-state index in [0.29, 0.717) is 12.8 Å². The van der Waals surface area contributed by atoms with Gasteiger partial charge in [0.05, 0.1) is 25.9 Å². The highest BCUT2D eigenvalue weighted by molar-refractivity contribution is 5.98. The largest absolute Gasteiger partial charge is 0.394 e. The number of aliphatic hydroxyl groups excluding tert-OH is 2. The van der Waals surface area contributed by atoms with E-state index in [-0.39, 0.29) is 12.5 Å². The third kappa shape index (κ3) is 4.80. The van der Waals surface area contributed by atoms with Crippen LogP contribution in [0, 0.1) is 5.92 Å². The van der Waals surface area contributed by atoms with Gasteiger partial charge in [0.2, 0.25) is 11.8 Å². The molecule has 9 nitrogen and oxygen atoms in total. The van der Waals surface area contributed by atoms with Crippen LogP contribution < -0.4 is 16.0 Å². The van der Waals surface area contributed by atoms with Gasteiger partial charge in [0, 0.05) is 12.1 Å². The van der Waals surface area contributed by atoms with Gasteiger partial charge in [-0.05, 0) is 24.0 Å². The van der Waals surface area contributed by atoms with Crippen LogP contribution in [0.1, 0.15) is 25.8 Å². The van der Waals surface area contributed by atoms with Gasteiger partial charge in [-0.3, -0.25) is 14.4 Å². The number of carbonyl (C=O) groups excluding carboxylic acids is 3. The fourth-order valence-corrected chi connectivity index (χ4v) is 3.61. The van der Waals surface area contributed by atoms with Crippen LogP contribution in [0.4, 0.5) is 5.69 Å². The van der Waals surface area contributed by atoms with E-state index in [2.05, 4.69) is 16.0 Å². The summed E-state index contributed by atoms with van der Waals surface area (Å²) in [6.45, 7) is 2.85. The molecule has 2 aliphatic heterocycles. The minimum atomic E-state index is -1.26. The van der Waals surface area contributed by atoms with E-state index in [0.717, 1.165) is 11.3 Å². The Balaban J connectivity index is 1.61. The lowest BCUT2D eigenvalue weighted by molar-refractivity contribution is -0.134. The van der Waals surface area contributed by atoms with E-state index < -0.39 is 54.5 Å². The van der Waals surface area contributed by atoms with Crippen molar-refractivity contribution in [2.75, 3.05) is 25.1 Å². The molecule has 2 heterocycles. The summed E-state index contributed by atoms with van der Waals surface area (Å²) in [5.74, 6) is -1.38. The number of hydrogen-bond acceptors (Lipinski definition) is 7. The van der Waals surface area contributed by atoms with E-state index in [9.17, 15) is 24.6 Å². The van der Waals surface area contributed by atoms with Crippen LogP contribution in [0.2, 0.25) is 0 Å². The number of anilines is 1. The van der Waals surface area contributed by atoms with E-state index in [1.165, 1.54) is 0 Å². The minimum Gasteiger partial charge on any atom is -0.394 e. The molecule has 164 valence electrons. The highest BCUT2D eigenvalue weighted by Gasteiger charge is 2.54. The van der Waals surface area contributed by atoms with Gasteiger partial charge in [0.15, 0.2) is 11.4 Å². The van der Waals surface area contributed by atoms with Crippen molar-refractivity contribution < 1.29 is 29.3 Å². The number of carbonyl (C=O) groups is 3. The van der Waals surface area contributed by atoms with Crippen LogP contribution in [0.5, 0.6) is 0 Å². The van der Waals surface area contributed by atoms with Crippen LogP contribution in [0.25, 0.3) is 0 Å². The van der Waals surface area contributed by atoms with Crippen molar-refractivity contribution >= 4 is 23.3 Å². The van der Waals surface area contributed by atoms with Gasteiger partial charge < -0.3 is 30.9 Å². The molecule has 1 fully saturated rings. The zero-order valence-corrected chi connectivity index (χ0v) is 17.2. The maximum Gasteiger partial charge on any atom is 0.245 e. The molecule has 2 aliphatic rings. The molecule has 0 aliphatic carbocycles. The summed E-state index contributed by atoms with van der Waals surface area (Å²) in [6, 6.07) is 4.92. The number of epoxide rings is 1. The molecule has 0 spiro atoms. The standard InChI is InChI=1S/C21H29N3O6/c1-12(2)7-15(18(27)21(10-26)11-30-21)23-20(29)17(9-25)24-19(28)16-8-13-5-3-4-6-14(13)22-16/h3-6,12,15-17,22,25-26H,7-11H2,1-2H3,(H,23,29)(H,24,28)/t15-,16-,17-,21+/m0/s1. The molecule has 0 radical (unpaired) electrons. The number of rotatable bonds is 10. The third-order valence-electron chi connectivity index (χ3n) is 5.44. The van der Waals surface area contributed by atoms with Crippen LogP contribution in [-0.4, -0.2) is 71.4 Å². The number of Topliss-reactive ketones (excluding diaryl/α,β-unsaturated/α-hetero) is 1. The van der Waals surface area contributed by atoms with Gasteiger partial charge in [0.1, 0.15) is 12.1 Å². The zero-order valence-electron chi connectivity index (χ0n) is 17.2. The molecule has 5 N–H and O–H groups in total. The Morgan fingerprint density at radius 1 is 1.20 bits per heavy atom. The molecular formula is C21H29N3O6. The smallest absolute Gasteiger partial charge is 0.245 e. The zero-order chi connectivity index (χ0) is 21.9. The molecule has 3 rings (SSSR count). The number of nitrogens with one attached hydrogen (secondary N) is 3. The molecule has 9 heteroatoms. The first-order valence-electron chi connectivity index (χ1n) is 10.1. The van der Waals surface area contributed by atoms with Crippen molar-refractivity contribution in [3.63, 3.8) is 0 Å². The number of para-hydroxylation sites is 1. The van der Waals surface area contributed by atoms with Gasteiger partial charge >= 0.3 is 0 Å². The first kappa shape index (κ1) is 22.2. The van der Waals surface area contributed by atoms with Crippen molar-refractivity contribution in [2.45, 2.75) is 50.4 Å². The van der Waals surface area contributed by atoms with Crippen LogP contribution >= 0.6 is 0 Å². The number of aliphatic hydroxyl groups is 2. The van der Waals surface area contributed by atoms with Crippen LogP contribution in [0.15, 0.2) is 24.3 Å². The molecule has 1 aromatic carbocycles. The number of ketones is 1. The minimum absolute atomic E-state index is 0.0945. The summed E-state index contributed by atoms with van der Waals surface area (Å²) < 4.78 is 5.12. The average Bonchev–Trinajstić information content (AvgIpc) is 3.40. The number of ether oxygens (including phenoxy) is 1. The third-order valence-corrected chi connectivity index (χ3v) is 5.44. The molecule has 0 saturated carbocycles. The second-order valence-electron chi connectivity index (χ2n) is 8.30. The maximum absolute atomic E-state index is 12.7. The number of hydrogen-bond donors (Lipinski definition) is 5. The van der Waals surface area contributed by atoms with Gasteiger partial charge in [-0.2, -0.15) is 0 Å². The Morgan fingerprint density at radius 2 is 1.90 bits per heavy atom. The van der Waals surface area contributed by atoms with E-state index in [1.54, 1.807) is 0 Å². The SMILES string of the molecule is CC(C)C[C@H](NC(=O)[C@H](CO)NC(=O)[C@@H]1Cc2ccccc2N1)C(=O)[C@@]1(CO)CO1. The average molecular weight is 419 g/mol. The van der Waals surface area contributed by atoms with Gasteiger partial charge in [-0.15, -0.1) is 0 Å². The molecule has 0 bridgehead atoms. The summed E-state index contributed by atoms with van der Waals surface area (Å²) in [7, 11) is 0. The first-order valence-corrected chi connectivity index (χ1v) is 10.1. The van der Waals surface area contributed by atoms with Crippen molar-refractivity contribution in [1.29, 1.82) is 0 Å². The Bertz CT molecular complexity index is 783. The van der Waals surface area contributed by atoms with E-state index in [1.807, 2.05) is 38.1 Å². The molecule has 30 heavy (non-hydrogen) atoms. The summed E-state index contributed by atoms with van der Waals surface area (Å²) >= 11 is 0. The molecule has 0 unspecified atom stereocenters. The van der Waals surface area contributed by atoms with Crippen molar-refractivity contribution in [3.8, 4) is 0 Å². The van der Waals surface area contributed by atoms with Gasteiger partial charge in [-0.25, -0.2) is 0 Å². The molecule has 4 atom stereocenters. The Morgan fingerprint density at radius 3 is 2.47 bits per heavy atom. The van der Waals surface area contributed by atoms with Crippen LogP contribution in [-0.2, 0) is 25.5 Å².